The predicted molar refractivity (Wildman–Crippen MR) is 104 cm³/mol. The molecule has 0 aliphatic heterocycles. The van der Waals surface area contributed by atoms with Crippen molar-refractivity contribution in [2.75, 3.05) is 13.1 Å². The molecule has 150 valence electrons. The van der Waals surface area contributed by atoms with Crippen LogP contribution in [0, 0.1) is 5.82 Å². The first-order valence-electron chi connectivity index (χ1n) is 9.39. The highest BCUT2D eigenvalue weighted by Gasteiger charge is 2.35. The van der Waals surface area contributed by atoms with E-state index < -0.39 is 21.7 Å². The van der Waals surface area contributed by atoms with Gasteiger partial charge in [-0.3, -0.25) is 9.78 Å². The molecule has 2 aromatic rings. The standard InChI is InChI=1S/C20H24FN3O3S/c1-3-23(4-2)28(26,27)17-10-11-19(21)18(13-17)20(25)24(16-8-9-16)14-15-7-5-6-12-22-15/h5-7,10-13,16H,3-4,8-9,14H2,1-2H3. The number of carbonyl (C=O) groups is 1. The van der Waals surface area contributed by atoms with E-state index >= 15 is 0 Å². The number of benzene rings is 1. The summed E-state index contributed by atoms with van der Waals surface area (Å²) in [7, 11) is -3.78. The van der Waals surface area contributed by atoms with Crippen LogP contribution in [0.4, 0.5) is 4.39 Å². The minimum absolute atomic E-state index is 0.0250. The van der Waals surface area contributed by atoms with Crippen LogP contribution in [-0.2, 0) is 16.6 Å². The first-order chi connectivity index (χ1) is 13.4. The summed E-state index contributed by atoms with van der Waals surface area (Å²) in [4.78, 5) is 18.8. The maximum absolute atomic E-state index is 14.5. The highest BCUT2D eigenvalue weighted by Crippen LogP contribution is 2.30. The summed E-state index contributed by atoms with van der Waals surface area (Å²) in [6.07, 6.45) is 3.33. The van der Waals surface area contributed by atoms with E-state index in [0.29, 0.717) is 18.8 Å². The highest BCUT2D eigenvalue weighted by molar-refractivity contribution is 7.89. The number of hydrogen-bond donors (Lipinski definition) is 0. The van der Waals surface area contributed by atoms with Gasteiger partial charge in [0.25, 0.3) is 5.91 Å². The third-order valence-corrected chi connectivity index (χ3v) is 6.86. The number of amides is 1. The van der Waals surface area contributed by atoms with E-state index in [2.05, 4.69) is 4.98 Å². The van der Waals surface area contributed by atoms with Crippen LogP contribution in [0.2, 0.25) is 0 Å². The number of halogens is 1. The lowest BCUT2D eigenvalue weighted by molar-refractivity contribution is 0.0722. The van der Waals surface area contributed by atoms with Gasteiger partial charge in [0.05, 0.1) is 22.7 Å². The van der Waals surface area contributed by atoms with Gasteiger partial charge in [-0.05, 0) is 43.2 Å². The highest BCUT2D eigenvalue weighted by atomic mass is 32.2. The number of rotatable bonds is 8. The van der Waals surface area contributed by atoms with E-state index in [1.165, 1.54) is 10.4 Å². The Hall–Kier alpha value is -2.32. The van der Waals surface area contributed by atoms with Crippen molar-refractivity contribution in [3.05, 3.63) is 59.7 Å². The maximum Gasteiger partial charge on any atom is 0.257 e. The second kappa shape index (κ2) is 8.36. The molecule has 6 nitrogen and oxygen atoms in total. The topological polar surface area (TPSA) is 70.6 Å². The van der Waals surface area contributed by atoms with E-state index in [9.17, 15) is 17.6 Å². The fourth-order valence-electron chi connectivity index (χ4n) is 3.12. The molecule has 1 aromatic heterocycles. The lowest BCUT2D eigenvalue weighted by Gasteiger charge is -2.23. The zero-order chi connectivity index (χ0) is 20.3. The molecule has 1 aromatic carbocycles. The Morgan fingerprint density at radius 3 is 2.46 bits per heavy atom. The van der Waals surface area contributed by atoms with E-state index in [4.69, 9.17) is 0 Å². The van der Waals surface area contributed by atoms with Crippen molar-refractivity contribution in [2.45, 2.75) is 44.2 Å². The molecule has 0 atom stereocenters. The van der Waals surface area contributed by atoms with Crippen LogP contribution in [-0.4, -0.2) is 47.6 Å². The number of sulfonamides is 1. The van der Waals surface area contributed by atoms with Gasteiger partial charge >= 0.3 is 0 Å². The Bertz CT molecular complexity index is 942. The SMILES string of the molecule is CCN(CC)S(=O)(=O)c1ccc(F)c(C(=O)N(Cc2ccccn2)C2CC2)c1. The van der Waals surface area contributed by atoms with Gasteiger partial charge in [-0.25, -0.2) is 12.8 Å². The average molecular weight is 405 g/mol. The van der Waals surface area contributed by atoms with E-state index in [1.54, 1.807) is 37.1 Å². The van der Waals surface area contributed by atoms with Crippen molar-refractivity contribution in [3.63, 3.8) is 0 Å². The van der Waals surface area contributed by atoms with Crippen molar-refractivity contribution < 1.29 is 17.6 Å². The number of hydrogen-bond acceptors (Lipinski definition) is 4. The molecular formula is C20H24FN3O3S. The smallest absolute Gasteiger partial charge is 0.257 e. The summed E-state index contributed by atoms with van der Waals surface area (Å²) < 4.78 is 41.3. The van der Waals surface area contributed by atoms with E-state index in [1.807, 2.05) is 6.07 Å². The number of nitrogens with zero attached hydrogens (tertiary/aromatic N) is 3. The monoisotopic (exact) mass is 405 g/mol. The fourth-order valence-corrected chi connectivity index (χ4v) is 4.60. The molecule has 28 heavy (non-hydrogen) atoms. The number of aromatic nitrogens is 1. The molecule has 3 rings (SSSR count). The van der Waals surface area contributed by atoms with Crippen LogP contribution in [0.1, 0.15) is 42.7 Å². The van der Waals surface area contributed by atoms with Gasteiger partial charge in [-0.15, -0.1) is 0 Å². The van der Waals surface area contributed by atoms with Crippen LogP contribution >= 0.6 is 0 Å². The summed E-state index contributed by atoms with van der Waals surface area (Å²) in [5, 5.41) is 0. The van der Waals surface area contributed by atoms with Gasteiger partial charge in [0.1, 0.15) is 5.82 Å². The Morgan fingerprint density at radius 1 is 1.18 bits per heavy atom. The molecule has 1 fully saturated rings. The quantitative estimate of drug-likeness (QED) is 0.677. The summed E-state index contributed by atoms with van der Waals surface area (Å²) in [5.74, 6) is -1.24. The molecule has 8 heteroatoms. The molecule has 0 bridgehead atoms. The van der Waals surface area contributed by atoms with Gasteiger partial charge in [-0.2, -0.15) is 4.31 Å². The number of pyridine rings is 1. The van der Waals surface area contributed by atoms with Crippen LogP contribution in [0.25, 0.3) is 0 Å². The molecule has 1 aliphatic carbocycles. The van der Waals surface area contributed by atoms with Crippen molar-refractivity contribution in [3.8, 4) is 0 Å². The van der Waals surface area contributed by atoms with Crippen LogP contribution < -0.4 is 0 Å². The second-order valence-corrected chi connectivity index (χ2v) is 8.65. The van der Waals surface area contributed by atoms with Gasteiger partial charge < -0.3 is 4.90 Å². The summed E-state index contributed by atoms with van der Waals surface area (Å²) in [6, 6.07) is 8.86. The minimum atomic E-state index is -3.78. The Kier molecular flexibility index (Phi) is 6.10. The number of carbonyl (C=O) groups excluding carboxylic acids is 1. The molecule has 0 saturated heterocycles. The van der Waals surface area contributed by atoms with Gasteiger partial charge in [0, 0.05) is 25.3 Å². The summed E-state index contributed by atoms with van der Waals surface area (Å²) in [5.41, 5.74) is 0.478. The molecule has 1 heterocycles. The second-order valence-electron chi connectivity index (χ2n) is 6.72. The largest absolute Gasteiger partial charge is 0.330 e. The summed E-state index contributed by atoms with van der Waals surface area (Å²) >= 11 is 0. The predicted octanol–water partition coefficient (Wildman–Crippen LogP) is 3.06. The maximum atomic E-state index is 14.5. The average Bonchev–Trinajstić information content (AvgIpc) is 3.52. The molecule has 0 unspecified atom stereocenters. The molecule has 1 amide bonds. The Balaban J connectivity index is 1.94. The molecule has 0 N–H and O–H groups in total. The minimum Gasteiger partial charge on any atom is -0.330 e. The summed E-state index contributed by atoms with van der Waals surface area (Å²) in [6.45, 7) is 4.33. The van der Waals surface area contributed by atoms with Crippen molar-refractivity contribution >= 4 is 15.9 Å². The van der Waals surface area contributed by atoms with E-state index in [0.717, 1.165) is 25.0 Å². The van der Waals surface area contributed by atoms with Gasteiger partial charge in [-0.1, -0.05) is 19.9 Å². The zero-order valence-electron chi connectivity index (χ0n) is 16.0. The zero-order valence-corrected chi connectivity index (χ0v) is 16.8. The van der Waals surface area contributed by atoms with E-state index in [-0.39, 0.29) is 23.0 Å². The Labute approximate surface area is 165 Å². The van der Waals surface area contributed by atoms with Crippen LogP contribution in [0.15, 0.2) is 47.5 Å². The third kappa shape index (κ3) is 4.23. The van der Waals surface area contributed by atoms with Crippen LogP contribution in [0.3, 0.4) is 0 Å². The molecular weight excluding hydrogens is 381 g/mol. The van der Waals surface area contributed by atoms with Gasteiger partial charge in [0.15, 0.2) is 0 Å². The van der Waals surface area contributed by atoms with Crippen molar-refractivity contribution in [1.82, 2.24) is 14.2 Å². The Morgan fingerprint density at radius 2 is 1.89 bits per heavy atom. The van der Waals surface area contributed by atoms with Crippen molar-refractivity contribution in [1.29, 1.82) is 0 Å². The molecule has 1 aliphatic rings. The first kappa shape index (κ1) is 20.4. The first-order valence-corrected chi connectivity index (χ1v) is 10.8. The fraction of sp³-hybridized carbons (Fsp3) is 0.400. The molecule has 0 radical (unpaired) electrons. The molecule has 1 saturated carbocycles. The molecule has 0 spiro atoms. The lowest BCUT2D eigenvalue weighted by Crippen LogP contribution is -2.34. The van der Waals surface area contributed by atoms with Crippen molar-refractivity contribution in [2.24, 2.45) is 0 Å². The lowest BCUT2D eigenvalue weighted by atomic mass is 10.1. The third-order valence-electron chi connectivity index (χ3n) is 4.82. The van der Waals surface area contributed by atoms with Gasteiger partial charge in [0.2, 0.25) is 10.0 Å². The normalized spacial score (nSPS) is 14.3. The van der Waals surface area contributed by atoms with Crippen LogP contribution in [0.5, 0.6) is 0 Å².